The molecule has 0 saturated heterocycles. The molecule has 274 valence electrons. The number of aromatic nitrogens is 2. The number of para-hydroxylation sites is 4. The molecule has 54 heavy (non-hydrogen) atoms. The third-order valence-electron chi connectivity index (χ3n) is 10.2. The Morgan fingerprint density at radius 2 is 0.741 bits per heavy atom. The molecule has 10 heteroatoms. The molecule has 0 radical (unpaired) electrons. The van der Waals surface area contributed by atoms with Crippen molar-refractivity contribution in [1.29, 1.82) is 0 Å². The van der Waals surface area contributed by atoms with Crippen LogP contribution in [0.3, 0.4) is 0 Å². The number of unbranched alkanes of at least 4 members (excludes halogenated alkanes) is 2. The Hall–Kier alpha value is -6.42. The molecule has 0 unspecified atom stereocenters. The third kappa shape index (κ3) is 7.28. The minimum Gasteiger partial charge on any atom is -0.480 e. The second kappa shape index (κ2) is 16.1. The summed E-state index contributed by atoms with van der Waals surface area (Å²) in [7, 11) is 0. The summed E-state index contributed by atoms with van der Waals surface area (Å²) in [6.45, 7) is 0.778. The van der Waals surface area contributed by atoms with Crippen molar-refractivity contribution in [3.05, 3.63) is 132 Å². The van der Waals surface area contributed by atoms with Crippen molar-refractivity contribution in [3.63, 3.8) is 0 Å². The highest BCUT2D eigenvalue weighted by atomic mass is 16.4. The zero-order valence-corrected chi connectivity index (χ0v) is 29.8. The summed E-state index contributed by atoms with van der Waals surface area (Å²) in [6, 6.07) is 36.3. The van der Waals surface area contributed by atoms with Crippen molar-refractivity contribution in [3.8, 4) is 0 Å². The Morgan fingerprint density at radius 3 is 1.04 bits per heavy atom. The van der Waals surface area contributed by atoms with Crippen LogP contribution in [0, 0.1) is 0 Å². The van der Waals surface area contributed by atoms with E-state index in [4.69, 9.17) is 0 Å². The molecule has 0 aliphatic heterocycles. The van der Waals surface area contributed by atoms with Gasteiger partial charge in [0.05, 0.1) is 0 Å². The first kappa shape index (κ1) is 36.0. The summed E-state index contributed by atoms with van der Waals surface area (Å²) in [5, 5.41) is 30.3. The number of carboxylic acids is 2. The second-order valence-electron chi connectivity index (χ2n) is 13.6. The Bertz CT molecular complexity index is 2200. The molecule has 2 atom stereocenters. The van der Waals surface area contributed by atoms with Crippen molar-refractivity contribution < 1.29 is 29.4 Å². The highest BCUT2D eigenvalue weighted by Crippen LogP contribution is 2.35. The van der Waals surface area contributed by atoms with E-state index in [0.29, 0.717) is 62.7 Å². The maximum atomic E-state index is 12.8. The van der Waals surface area contributed by atoms with E-state index < -0.39 is 24.0 Å². The van der Waals surface area contributed by atoms with E-state index in [0.717, 1.165) is 43.6 Å². The molecule has 2 amide bonds. The fourth-order valence-electron chi connectivity index (χ4n) is 7.61. The zero-order chi connectivity index (χ0) is 37.6. The summed E-state index contributed by atoms with van der Waals surface area (Å²) >= 11 is 0. The Morgan fingerprint density at radius 1 is 0.444 bits per heavy atom. The summed E-state index contributed by atoms with van der Waals surface area (Å²) in [5.74, 6) is -2.32. The number of nitrogens with one attached hydrogen (secondary N) is 2. The normalized spacial score (nSPS) is 12.6. The summed E-state index contributed by atoms with van der Waals surface area (Å²) in [4.78, 5) is 50.5. The van der Waals surface area contributed by atoms with E-state index in [2.05, 4.69) is 10.6 Å². The van der Waals surface area contributed by atoms with Gasteiger partial charge in [-0.05, 0) is 87.1 Å². The number of carboxylic acid groups (broad SMARTS) is 2. The highest BCUT2D eigenvalue weighted by molar-refractivity contribution is 6.09. The van der Waals surface area contributed by atoms with Gasteiger partial charge in [0.15, 0.2) is 0 Å². The molecular weight excluding hydrogens is 681 g/mol. The molecule has 0 bridgehead atoms. The van der Waals surface area contributed by atoms with Crippen LogP contribution >= 0.6 is 0 Å². The largest absolute Gasteiger partial charge is 0.480 e. The van der Waals surface area contributed by atoms with Crippen LogP contribution in [0.5, 0.6) is 0 Å². The number of fused-ring (bicyclic) bond motifs is 6. The van der Waals surface area contributed by atoms with E-state index in [9.17, 15) is 29.4 Å². The fraction of sp³-hybridized carbons (Fsp3) is 0.227. The van der Waals surface area contributed by atoms with Gasteiger partial charge in [-0.2, -0.15) is 0 Å². The van der Waals surface area contributed by atoms with Crippen molar-refractivity contribution in [2.45, 2.75) is 50.6 Å². The number of amides is 2. The number of carbonyl (C=O) groups is 4. The number of carbonyl (C=O) groups excluding carboxylic acids is 2. The van der Waals surface area contributed by atoms with Crippen molar-refractivity contribution in [2.24, 2.45) is 0 Å². The predicted molar refractivity (Wildman–Crippen MR) is 211 cm³/mol. The van der Waals surface area contributed by atoms with Crippen molar-refractivity contribution in [2.75, 3.05) is 13.1 Å². The first-order chi connectivity index (χ1) is 26.3. The number of hydrogen-bond acceptors (Lipinski definition) is 4. The standard InChI is InChI=1S/C44H42N4O6/c49-41(45-27-11-9-21-39(43(51)52)47-35-17-5-1-13-31(35)32-14-2-6-18-36(32)47)29-23-25-30(26-24-29)42(50)46-28-12-10-22-40(44(53)54)48-37-19-7-3-15-33(37)34-16-4-8-20-38(34)48/h1-8,13-20,23-26,39-40H,9-12,21-22,27-28H2,(H,45,49)(H,46,50)(H,51,52)(H,53,54)/t39-,40-/m0/s1. The average Bonchev–Trinajstić information content (AvgIpc) is 3.70. The van der Waals surface area contributed by atoms with Crippen molar-refractivity contribution in [1.82, 2.24) is 19.8 Å². The van der Waals surface area contributed by atoms with Gasteiger partial charge in [-0.15, -0.1) is 0 Å². The minimum absolute atomic E-state index is 0.268. The maximum absolute atomic E-state index is 12.8. The number of nitrogens with zero attached hydrogens (tertiary/aromatic N) is 2. The van der Waals surface area contributed by atoms with Crippen LogP contribution < -0.4 is 10.6 Å². The van der Waals surface area contributed by atoms with Gasteiger partial charge in [0.1, 0.15) is 12.1 Å². The predicted octanol–water partition coefficient (Wildman–Crippen LogP) is 8.35. The molecule has 0 aliphatic carbocycles. The lowest BCUT2D eigenvalue weighted by molar-refractivity contribution is -0.141. The van der Waals surface area contributed by atoms with Crippen LogP contribution in [0.4, 0.5) is 0 Å². The molecule has 10 nitrogen and oxygen atoms in total. The summed E-state index contributed by atoms with van der Waals surface area (Å²) in [5.41, 5.74) is 4.39. The Balaban J connectivity index is 0.864. The van der Waals surface area contributed by atoms with E-state index in [1.165, 1.54) is 0 Å². The number of hydrogen-bond donors (Lipinski definition) is 4. The first-order valence-corrected chi connectivity index (χ1v) is 18.4. The highest BCUT2D eigenvalue weighted by Gasteiger charge is 2.25. The van der Waals surface area contributed by atoms with Gasteiger partial charge in [0.25, 0.3) is 11.8 Å². The van der Waals surface area contributed by atoms with Gasteiger partial charge < -0.3 is 30.0 Å². The van der Waals surface area contributed by atoms with Gasteiger partial charge in [-0.25, -0.2) is 9.59 Å². The minimum atomic E-state index is -0.892. The summed E-state index contributed by atoms with van der Waals surface area (Å²) < 4.78 is 3.82. The molecule has 2 aromatic heterocycles. The lowest BCUT2D eigenvalue weighted by atomic mass is 10.1. The Labute approximate surface area is 312 Å². The zero-order valence-electron chi connectivity index (χ0n) is 29.8. The average molecular weight is 723 g/mol. The number of benzene rings is 5. The SMILES string of the molecule is O=C(NCCCC[C@@H](C(=O)O)n1c2ccccc2c2ccccc21)c1ccc(C(=O)NCCCC[C@@H](C(=O)O)n2c3ccccc3c3ccccc32)cc1. The van der Waals surface area contributed by atoms with Crippen LogP contribution in [-0.4, -0.2) is 56.2 Å². The molecule has 0 fully saturated rings. The van der Waals surface area contributed by atoms with Gasteiger partial charge >= 0.3 is 11.9 Å². The maximum Gasteiger partial charge on any atom is 0.326 e. The molecule has 2 heterocycles. The molecule has 0 saturated carbocycles. The molecular formula is C44H42N4O6. The smallest absolute Gasteiger partial charge is 0.326 e. The van der Waals surface area contributed by atoms with E-state index in [-0.39, 0.29) is 11.8 Å². The first-order valence-electron chi connectivity index (χ1n) is 18.4. The fourth-order valence-corrected chi connectivity index (χ4v) is 7.61. The molecule has 4 N–H and O–H groups in total. The molecule has 7 aromatic rings. The van der Waals surface area contributed by atoms with Crippen LogP contribution in [-0.2, 0) is 9.59 Å². The van der Waals surface area contributed by atoms with Gasteiger partial charge in [-0.3, -0.25) is 9.59 Å². The van der Waals surface area contributed by atoms with Gasteiger partial charge in [0.2, 0.25) is 0 Å². The van der Waals surface area contributed by atoms with Crippen LogP contribution in [0.25, 0.3) is 43.6 Å². The molecule has 5 aromatic carbocycles. The quantitative estimate of drug-likeness (QED) is 0.0739. The van der Waals surface area contributed by atoms with Crippen LogP contribution in [0.2, 0.25) is 0 Å². The van der Waals surface area contributed by atoms with E-state index in [1.807, 2.05) is 106 Å². The van der Waals surface area contributed by atoms with Crippen LogP contribution in [0.15, 0.2) is 121 Å². The van der Waals surface area contributed by atoms with Crippen molar-refractivity contribution >= 4 is 67.4 Å². The second-order valence-corrected chi connectivity index (χ2v) is 13.6. The number of aliphatic carboxylic acids is 2. The molecule has 0 aliphatic rings. The topological polar surface area (TPSA) is 143 Å². The molecule has 7 rings (SSSR count). The van der Waals surface area contributed by atoms with E-state index >= 15 is 0 Å². The third-order valence-corrected chi connectivity index (χ3v) is 10.2. The summed E-state index contributed by atoms with van der Waals surface area (Å²) in [6.07, 6.45) is 3.26. The molecule has 0 spiro atoms. The lowest BCUT2D eigenvalue weighted by Crippen LogP contribution is -2.26. The lowest BCUT2D eigenvalue weighted by Gasteiger charge is -2.17. The van der Waals surface area contributed by atoms with Crippen LogP contribution in [0.1, 0.15) is 71.3 Å². The van der Waals surface area contributed by atoms with E-state index in [1.54, 1.807) is 24.3 Å². The van der Waals surface area contributed by atoms with Gasteiger partial charge in [-0.1, -0.05) is 72.8 Å². The van der Waals surface area contributed by atoms with Gasteiger partial charge in [0, 0.05) is 67.8 Å². The number of rotatable bonds is 16. The monoisotopic (exact) mass is 722 g/mol. The Kier molecular flexibility index (Phi) is 10.7.